The van der Waals surface area contributed by atoms with E-state index in [1.54, 1.807) is 7.11 Å². The van der Waals surface area contributed by atoms with Crippen molar-refractivity contribution in [2.24, 2.45) is 4.99 Å². The van der Waals surface area contributed by atoms with Gasteiger partial charge in [0, 0.05) is 5.56 Å². The number of methoxy groups -OCH3 is 1. The van der Waals surface area contributed by atoms with E-state index in [2.05, 4.69) is 22.4 Å². The lowest BCUT2D eigenvalue weighted by Gasteiger charge is -2.08. The molecule has 0 saturated heterocycles. The van der Waals surface area contributed by atoms with Crippen LogP contribution in [-0.2, 0) is 0 Å². The van der Waals surface area contributed by atoms with Gasteiger partial charge in [-0.2, -0.15) is 4.99 Å². The second kappa shape index (κ2) is 5.39. The SMILES string of the molecule is COc1ccc(N=C=S)cc1-c1ccccc1. The topological polar surface area (TPSA) is 21.6 Å². The third-order valence-corrected chi connectivity index (χ3v) is 2.53. The van der Waals surface area contributed by atoms with Crippen LogP contribution in [0.1, 0.15) is 0 Å². The summed E-state index contributed by atoms with van der Waals surface area (Å²) in [6, 6.07) is 15.7. The van der Waals surface area contributed by atoms with Crippen LogP contribution in [-0.4, -0.2) is 12.3 Å². The van der Waals surface area contributed by atoms with Crippen molar-refractivity contribution in [3.05, 3.63) is 48.5 Å². The maximum atomic E-state index is 5.34. The highest BCUT2D eigenvalue weighted by Crippen LogP contribution is 2.33. The maximum Gasteiger partial charge on any atom is 0.126 e. The highest BCUT2D eigenvalue weighted by atomic mass is 32.1. The molecule has 0 atom stereocenters. The summed E-state index contributed by atoms with van der Waals surface area (Å²) < 4.78 is 5.34. The van der Waals surface area contributed by atoms with Gasteiger partial charge >= 0.3 is 0 Å². The molecule has 3 heteroatoms. The number of hydrogen-bond donors (Lipinski definition) is 0. The fraction of sp³-hybridized carbons (Fsp3) is 0.0714. The van der Waals surface area contributed by atoms with Crippen LogP contribution >= 0.6 is 12.2 Å². The van der Waals surface area contributed by atoms with Gasteiger partial charge < -0.3 is 4.74 Å². The van der Waals surface area contributed by atoms with Crippen LogP contribution in [0, 0.1) is 0 Å². The molecule has 2 aromatic rings. The summed E-state index contributed by atoms with van der Waals surface area (Å²) in [5.41, 5.74) is 2.87. The minimum absolute atomic E-state index is 0.777. The zero-order valence-electron chi connectivity index (χ0n) is 9.38. The summed E-state index contributed by atoms with van der Waals surface area (Å²) in [5, 5.41) is 2.37. The molecule has 2 rings (SSSR count). The number of nitrogens with zero attached hydrogens (tertiary/aromatic N) is 1. The van der Waals surface area contributed by atoms with Gasteiger partial charge in [0.25, 0.3) is 0 Å². The summed E-state index contributed by atoms with van der Waals surface area (Å²) >= 11 is 4.61. The number of ether oxygens (including phenoxy) is 1. The lowest BCUT2D eigenvalue weighted by Crippen LogP contribution is -1.87. The quantitative estimate of drug-likeness (QED) is 0.596. The Kier molecular flexibility index (Phi) is 3.66. The summed E-state index contributed by atoms with van der Waals surface area (Å²) in [6.45, 7) is 0. The molecule has 0 saturated carbocycles. The molecular formula is C14H11NOS. The number of benzene rings is 2. The smallest absolute Gasteiger partial charge is 0.126 e. The van der Waals surface area contributed by atoms with E-state index in [4.69, 9.17) is 4.74 Å². The number of aliphatic imine (C=N–C) groups is 1. The van der Waals surface area contributed by atoms with E-state index in [0.29, 0.717) is 0 Å². The Morgan fingerprint density at radius 1 is 1.12 bits per heavy atom. The highest BCUT2D eigenvalue weighted by molar-refractivity contribution is 7.78. The second-order valence-electron chi connectivity index (χ2n) is 3.45. The Balaban J connectivity index is 2.57. The van der Waals surface area contributed by atoms with Crippen LogP contribution in [0.25, 0.3) is 11.1 Å². The average molecular weight is 241 g/mol. The molecule has 0 radical (unpaired) electrons. The molecule has 0 bridgehead atoms. The molecule has 0 aliphatic rings. The number of hydrogen-bond acceptors (Lipinski definition) is 3. The molecular weight excluding hydrogens is 230 g/mol. The number of thiocarbonyl (C=S) groups is 1. The molecule has 0 fully saturated rings. The van der Waals surface area contributed by atoms with E-state index in [-0.39, 0.29) is 0 Å². The number of rotatable bonds is 3. The van der Waals surface area contributed by atoms with Crippen molar-refractivity contribution in [2.75, 3.05) is 7.11 Å². The summed E-state index contributed by atoms with van der Waals surface area (Å²) in [6.07, 6.45) is 0. The Morgan fingerprint density at radius 2 is 1.88 bits per heavy atom. The van der Waals surface area contributed by atoms with Crippen molar-refractivity contribution in [1.82, 2.24) is 0 Å². The normalized spacial score (nSPS) is 9.47. The molecule has 0 amide bonds. The van der Waals surface area contributed by atoms with Crippen LogP contribution in [0.4, 0.5) is 5.69 Å². The first-order valence-corrected chi connectivity index (χ1v) is 5.57. The van der Waals surface area contributed by atoms with E-state index in [9.17, 15) is 0 Å². The molecule has 17 heavy (non-hydrogen) atoms. The van der Waals surface area contributed by atoms with Crippen molar-refractivity contribution in [2.45, 2.75) is 0 Å². The molecule has 0 heterocycles. The van der Waals surface area contributed by atoms with Gasteiger partial charge in [-0.1, -0.05) is 30.3 Å². The van der Waals surface area contributed by atoms with Crippen molar-refractivity contribution in [3.8, 4) is 16.9 Å². The fourth-order valence-electron chi connectivity index (χ4n) is 1.66. The van der Waals surface area contributed by atoms with Gasteiger partial charge in [-0.3, -0.25) is 0 Å². The average Bonchev–Trinajstić information content (AvgIpc) is 2.40. The van der Waals surface area contributed by atoms with Crippen molar-refractivity contribution >= 4 is 23.1 Å². The van der Waals surface area contributed by atoms with E-state index < -0.39 is 0 Å². The highest BCUT2D eigenvalue weighted by Gasteiger charge is 2.06. The molecule has 0 aliphatic heterocycles. The minimum atomic E-state index is 0.777. The van der Waals surface area contributed by atoms with Crippen LogP contribution < -0.4 is 4.74 Å². The minimum Gasteiger partial charge on any atom is -0.496 e. The Bertz CT molecular complexity index is 560. The van der Waals surface area contributed by atoms with E-state index >= 15 is 0 Å². The van der Waals surface area contributed by atoms with Crippen molar-refractivity contribution in [1.29, 1.82) is 0 Å². The van der Waals surface area contributed by atoms with E-state index in [1.165, 1.54) is 0 Å². The summed E-state index contributed by atoms with van der Waals surface area (Å²) in [4.78, 5) is 3.98. The van der Waals surface area contributed by atoms with E-state index in [1.807, 2.05) is 48.5 Å². The zero-order valence-corrected chi connectivity index (χ0v) is 10.2. The molecule has 0 aliphatic carbocycles. The largest absolute Gasteiger partial charge is 0.496 e. The summed E-state index contributed by atoms with van der Waals surface area (Å²) in [5.74, 6) is 0.819. The molecule has 0 unspecified atom stereocenters. The van der Waals surface area contributed by atoms with Crippen LogP contribution in [0.5, 0.6) is 5.75 Å². The van der Waals surface area contributed by atoms with Gasteiger partial charge in [-0.05, 0) is 36.0 Å². The first-order valence-electron chi connectivity index (χ1n) is 5.16. The van der Waals surface area contributed by atoms with Gasteiger partial charge in [0.15, 0.2) is 0 Å². The molecule has 84 valence electrons. The molecule has 2 nitrogen and oxygen atoms in total. The molecule has 0 N–H and O–H groups in total. The predicted octanol–water partition coefficient (Wildman–Crippen LogP) is 4.10. The fourth-order valence-corrected chi connectivity index (χ4v) is 1.77. The first-order chi connectivity index (χ1) is 8.35. The van der Waals surface area contributed by atoms with Gasteiger partial charge in [0.05, 0.1) is 18.0 Å². The van der Waals surface area contributed by atoms with Gasteiger partial charge in [0.1, 0.15) is 5.75 Å². The first kappa shape index (κ1) is 11.5. The van der Waals surface area contributed by atoms with E-state index in [0.717, 1.165) is 22.6 Å². The maximum absolute atomic E-state index is 5.34. The van der Waals surface area contributed by atoms with Gasteiger partial charge in [-0.25, -0.2) is 0 Å². The number of isothiocyanates is 1. The lowest BCUT2D eigenvalue weighted by atomic mass is 10.0. The summed E-state index contributed by atoms with van der Waals surface area (Å²) in [7, 11) is 1.66. The third kappa shape index (κ3) is 2.59. The Hall–Kier alpha value is -1.96. The lowest BCUT2D eigenvalue weighted by molar-refractivity contribution is 0.416. The van der Waals surface area contributed by atoms with Gasteiger partial charge in [-0.15, -0.1) is 0 Å². The van der Waals surface area contributed by atoms with Crippen LogP contribution in [0.3, 0.4) is 0 Å². The Labute approximate surface area is 106 Å². The zero-order chi connectivity index (χ0) is 12.1. The van der Waals surface area contributed by atoms with Gasteiger partial charge in [0.2, 0.25) is 0 Å². The molecule has 0 spiro atoms. The monoisotopic (exact) mass is 241 g/mol. The third-order valence-electron chi connectivity index (χ3n) is 2.44. The van der Waals surface area contributed by atoms with Crippen LogP contribution in [0.15, 0.2) is 53.5 Å². The Morgan fingerprint density at radius 3 is 2.53 bits per heavy atom. The molecule has 0 aromatic heterocycles. The van der Waals surface area contributed by atoms with Crippen molar-refractivity contribution in [3.63, 3.8) is 0 Å². The standard InChI is InChI=1S/C14H11NOS/c1-16-14-8-7-12(15-10-17)9-13(14)11-5-3-2-4-6-11/h2-9H,1H3. The van der Waals surface area contributed by atoms with Crippen molar-refractivity contribution < 1.29 is 4.74 Å². The predicted molar refractivity (Wildman–Crippen MR) is 73.1 cm³/mol. The van der Waals surface area contributed by atoms with Crippen LogP contribution in [0.2, 0.25) is 0 Å². The second-order valence-corrected chi connectivity index (χ2v) is 3.64. The molecule has 2 aromatic carbocycles.